The van der Waals surface area contributed by atoms with E-state index in [1.54, 1.807) is 0 Å². The molecule has 0 heterocycles. The molecule has 2 unspecified atom stereocenters. The predicted octanol–water partition coefficient (Wildman–Crippen LogP) is 2.97. The van der Waals surface area contributed by atoms with Gasteiger partial charge in [0.15, 0.2) is 0 Å². The predicted molar refractivity (Wildman–Crippen MR) is 67.2 cm³/mol. The molecule has 0 aromatic heterocycles. The molecule has 0 radical (unpaired) electrons. The molecule has 2 nitrogen and oxygen atoms in total. The second-order valence-corrected chi connectivity index (χ2v) is 5.85. The van der Waals surface area contributed by atoms with Crippen LogP contribution in [0.1, 0.15) is 59.3 Å². The molecule has 1 saturated carbocycles. The fraction of sp³-hybridized carbons (Fsp3) is 1.00. The van der Waals surface area contributed by atoms with Gasteiger partial charge in [-0.1, -0.05) is 33.6 Å². The van der Waals surface area contributed by atoms with Gasteiger partial charge >= 0.3 is 0 Å². The first-order valence-corrected chi connectivity index (χ1v) is 6.90. The van der Waals surface area contributed by atoms with Gasteiger partial charge in [-0.15, -0.1) is 0 Å². The average Bonchev–Trinajstić information content (AvgIpc) is 2.23. The highest BCUT2D eigenvalue weighted by Crippen LogP contribution is 2.35. The molecule has 1 aliphatic rings. The van der Waals surface area contributed by atoms with Crippen LogP contribution in [0.5, 0.6) is 0 Å². The number of aliphatic hydroxyl groups is 2. The molecular formula is C14H28O2. The number of hydrogen-bond donors (Lipinski definition) is 2. The standard InChI is InChI=1S/C14H28O2/c1-4-11(6-5-10(2)3)12-7-8-13(15)14(16)9-12/h10-16H,4-9H2,1-3H3/t11-,12?,13+,14?/m1/s1. The van der Waals surface area contributed by atoms with Crippen molar-refractivity contribution in [1.29, 1.82) is 0 Å². The van der Waals surface area contributed by atoms with Crippen LogP contribution in [0.4, 0.5) is 0 Å². The summed E-state index contributed by atoms with van der Waals surface area (Å²) < 4.78 is 0. The zero-order valence-electron chi connectivity index (χ0n) is 11.0. The van der Waals surface area contributed by atoms with E-state index in [0.29, 0.717) is 5.92 Å². The Morgan fingerprint density at radius 1 is 1.06 bits per heavy atom. The zero-order chi connectivity index (χ0) is 12.1. The maximum absolute atomic E-state index is 9.72. The van der Waals surface area contributed by atoms with E-state index >= 15 is 0 Å². The first-order chi connectivity index (χ1) is 7.54. The van der Waals surface area contributed by atoms with Crippen LogP contribution in [-0.4, -0.2) is 22.4 Å². The van der Waals surface area contributed by atoms with Gasteiger partial charge in [0.25, 0.3) is 0 Å². The van der Waals surface area contributed by atoms with Crippen molar-refractivity contribution < 1.29 is 10.2 Å². The third-order valence-electron chi connectivity index (χ3n) is 4.13. The van der Waals surface area contributed by atoms with Gasteiger partial charge in [-0.25, -0.2) is 0 Å². The van der Waals surface area contributed by atoms with Crippen LogP contribution >= 0.6 is 0 Å². The summed E-state index contributed by atoms with van der Waals surface area (Å²) in [5, 5.41) is 19.2. The topological polar surface area (TPSA) is 40.5 Å². The third kappa shape index (κ3) is 4.06. The van der Waals surface area contributed by atoms with Crippen molar-refractivity contribution in [3.63, 3.8) is 0 Å². The van der Waals surface area contributed by atoms with Gasteiger partial charge in [-0.3, -0.25) is 0 Å². The smallest absolute Gasteiger partial charge is 0.0801 e. The number of aliphatic hydroxyl groups excluding tert-OH is 2. The Bertz CT molecular complexity index is 191. The summed E-state index contributed by atoms with van der Waals surface area (Å²) in [5.74, 6) is 2.14. The lowest BCUT2D eigenvalue weighted by Gasteiger charge is -2.35. The number of hydrogen-bond acceptors (Lipinski definition) is 2. The summed E-state index contributed by atoms with van der Waals surface area (Å²) >= 11 is 0. The molecule has 0 aromatic carbocycles. The van der Waals surface area contributed by atoms with Gasteiger partial charge in [-0.2, -0.15) is 0 Å². The fourth-order valence-corrected chi connectivity index (χ4v) is 2.91. The normalized spacial score (nSPS) is 33.0. The molecule has 2 N–H and O–H groups in total. The fourth-order valence-electron chi connectivity index (χ4n) is 2.91. The Morgan fingerprint density at radius 3 is 2.25 bits per heavy atom. The van der Waals surface area contributed by atoms with E-state index < -0.39 is 12.2 Å². The summed E-state index contributed by atoms with van der Waals surface area (Å²) in [5.41, 5.74) is 0. The molecule has 0 bridgehead atoms. The lowest BCUT2D eigenvalue weighted by atomic mass is 9.74. The minimum absolute atomic E-state index is 0.473. The molecule has 96 valence electrons. The molecule has 1 aliphatic carbocycles. The van der Waals surface area contributed by atoms with Gasteiger partial charge in [0.1, 0.15) is 0 Å². The Balaban J connectivity index is 2.40. The van der Waals surface area contributed by atoms with Crippen molar-refractivity contribution in [3.8, 4) is 0 Å². The minimum atomic E-state index is -0.480. The van der Waals surface area contributed by atoms with E-state index in [9.17, 15) is 10.2 Å². The SMILES string of the molecule is CC[C@H](CCC(C)C)C1CC[C@H](O)C(O)C1. The molecule has 16 heavy (non-hydrogen) atoms. The quantitative estimate of drug-likeness (QED) is 0.759. The van der Waals surface area contributed by atoms with Gasteiger partial charge in [-0.05, 0) is 43.4 Å². The second-order valence-electron chi connectivity index (χ2n) is 5.85. The minimum Gasteiger partial charge on any atom is -0.390 e. The van der Waals surface area contributed by atoms with Crippen LogP contribution in [0.15, 0.2) is 0 Å². The van der Waals surface area contributed by atoms with E-state index in [-0.39, 0.29) is 0 Å². The van der Waals surface area contributed by atoms with Gasteiger partial charge < -0.3 is 10.2 Å². The largest absolute Gasteiger partial charge is 0.390 e. The van der Waals surface area contributed by atoms with Gasteiger partial charge in [0.2, 0.25) is 0 Å². The van der Waals surface area contributed by atoms with E-state index in [1.165, 1.54) is 19.3 Å². The summed E-state index contributed by atoms with van der Waals surface area (Å²) in [6.45, 7) is 6.79. The van der Waals surface area contributed by atoms with Crippen molar-refractivity contribution >= 4 is 0 Å². The van der Waals surface area contributed by atoms with Crippen LogP contribution in [0.25, 0.3) is 0 Å². The van der Waals surface area contributed by atoms with Crippen LogP contribution in [0.2, 0.25) is 0 Å². The van der Waals surface area contributed by atoms with E-state index in [2.05, 4.69) is 20.8 Å². The summed E-state index contributed by atoms with van der Waals surface area (Å²) in [6.07, 6.45) is 5.50. The Hall–Kier alpha value is -0.0800. The van der Waals surface area contributed by atoms with Crippen molar-refractivity contribution in [1.82, 2.24) is 0 Å². The molecule has 0 aliphatic heterocycles. The van der Waals surface area contributed by atoms with E-state index in [1.807, 2.05) is 0 Å². The van der Waals surface area contributed by atoms with E-state index in [4.69, 9.17) is 0 Å². The monoisotopic (exact) mass is 228 g/mol. The lowest BCUT2D eigenvalue weighted by Crippen LogP contribution is -2.36. The summed E-state index contributed by atoms with van der Waals surface area (Å²) in [7, 11) is 0. The van der Waals surface area contributed by atoms with Crippen LogP contribution in [0, 0.1) is 17.8 Å². The van der Waals surface area contributed by atoms with Crippen molar-refractivity contribution in [2.75, 3.05) is 0 Å². The number of rotatable bonds is 5. The van der Waals surface area contributed by atoms with E-state index in [0.717, 1.165) is 31.1 Å². The zero-order valence-corrected chi connectivity index (χ0v) is 11.0. The highest BCUT2D eigenvalue weighted by Gasteiger charge is 2.31. The van der Waals surface area contributed by atoms with Gasteiger partial charge in [0, 0.05) is 0 Å². The maximum atomic E-state index is 9.72. The van der Waals surface area contributed by atoms with Crippen molar-refractivity contribution in [2.24, 2.45) is 17.8 Å². The summed E-state index contributed by atoms with van der Waals surface area (Å²) in [6, 6.07) is 0. The Kier molecular flexibility index (Phi) is 5.77. The van der Waals surface area contributed by atoms with Crippen molar-refractivity contribution in [3.05, 3.63) is 0 Å². The molecule has 0 spiro atoms. The molecule has 1 fully saturated rings. The summed E-state index contributed by atoms with van der Waals surface area (Å²) in [4.78, 5) is 0. The van der Waals surface area contributed by atoms with Gasteiger partial charge in [0.05, 0.1) is 12.2 Å². The Labute approximate surface area is 100 Å². The maximum Gasteiger partial charge on any atom is 0.0801 e. The Morgan fingerprint density at radius 2 is 1.75 bits per heavy atom. The van der Waals surface area contributed by atoms with Crippen LogP contribution < -0.4 is 0 Å². The molecule has 1 rings (SSSR count). The first-order valence-electron chi connectivity index (χ1n) is 6.90. The van der Waals surface area contributed by atoms with Crippen LogP contribution in [-0.2, 0) is 0 Å². The highest BCUT2D eigenvalue weighted by molar-refractivity contribution is 4.82. The molecule has 0 aromatic rings. The molecule has 2 heteroatoms. The molecule has 4 atom stereocenters. The average molecular weight is 228 g/mol. The van der Waals surface area contributed by atoms with Crippen LogP contribution in [0.3, 0.4) is 0 Å². The van der Waals surface area contributed by atoms with Crippen molar-refractivity contribution in [2.45, 2.75) is 71.5 Å². The molecular weight excluding hydrogens is 200 g/mol. The first kappa shape index (κ1) is 14.0. The second kappa shape index (κ2) is 6.61. The third-order valence-corrected chi connectivity index (χ3v) is 4.13. The highest BCUT2D eigenvalue weighted by atomic mass is 16.3. The lowest BCUT2D eigenvalue weighted by molar-refractivity contribution is -0.0360. The molecule has 0 amide bonds. The molecule has 0 saturated heterocycles.